The fraction of sp³-hybridized carbons (Fsp3) is 0.818. The summed E-state index contributed by atoms with van der Waals surface area (Å²) in [5.41, 5.74) is 0. The van der Waals surface area contributed by atoms with Crippen LogP contribution < -0.4 is 5.32 Å². The van der Waals surface area contributed by atoms with Gasteiger partial charge in [0.25, 0.3) is 0 Å². The number of fused-ring (bicyclic) bond motifs is 2. The molecular weight excluding hydrogens is 208 g/mol. The molecule has 0 saturated carbocycles. The third kappa shape index (κ3) is 1.59. The van der Waals surface area contributed by atoms with Gasteiger partial charge >= 0.3 is 5.97 Å². The molecule has 1 amide bonds. The molecule has 0 spiro atoms. The molecule has 16 heavy (non-hydrogen) atoms. The van der Waals surface area contributed by atoms with E-state index in [2.05, 4.69) is 10.2 Å². The van der Waals surface area contributed by atoms with Crippen molar-refractivity contribution in [3.63, 3.8) is 0 Å². The van der Waals surface area contributed by atoms with Gasteiger partial charge in [-0.1, -0.05) is 0 Å². The van der Waals surface area contributed by atoms with Crippen molar-refractivity contribution in [2.75, 3.05) is 7.05 Å². The maximum Gasteiger partial charge on any atom is 0.308 e. The van der Waals surface area contributed by atoms with Crippen molar-refractivity contribution in [1.29, 1.82) is 0 Å². The van der Waals surface area contributed by atoms with Crippen LogP contribution in [0, 0.1) is 5.92 Å². The van der Waals surface area contributed by atoms with Gasteiger partial charge in [-0.25, -0.2) is 0 Å². The van der Waals surface area contributed by atoms with E-state index in [4.69, 9.17) is 5.11 Å². The summed E-state index contributed by atoms with van der Waals surface area (Å²) in [5, 5.41) is 11.7. The van der Waals surface area contributed by atoms with Crippen LogP contribution in [-0.4, -0.2) is 47.1 Å². The van der Waals surface area contributed by atoms with Crippen molar-refractivity contribution in [2.24, 2.45) is 5.92 Å². The molecule has 2 rings (SSSR count). The number of carboxylic acid groups (broad SMARTS) is 1. The fourth-order valence-electron chi connectivity index (χ4n) is 3.24. The van der Waals surface area contributed by atoms with Crippen molar-refractivity contribution in [3.05, 3.63) is 0 Å². The Morgan fingerprint density at radius 1 is 1.44 bits per heavy atom. The highest BCUT2D eigenvalue weighted by atomic mass is 16.4. The van der Waals surface area contributed by atoms with Crippen LogP contribution in [0.5, 0.6) is 0 Å². The first-order valence-corrected chi connectivity index (χ1v) is 5.78. The summed E-state index contributed by atoms with van der Waals surface area (Å²) in [6.07, 6.45) is 2.63. The van der Waals surface area contributed by atoms with Crippen LogP contribution in [0.1, 0.15) is 26.2 Å². The SMILES string of the molecule is CNC(=O)C(C)N1C2CCC1C(C(=O)O)C2. The molecule has 5 nitrogen and oxygen atoms in total. The monoisotopic (exact) mass is 226 g/mol. The van der Waals surface area contributed by atoms with E-state index >= 15 is 0 Å². The van der Waals surface area contributed by atoms with Crippen LogP contribution in [0.15, 0.2) is 0 Å². The third-order valence-electron chi connectivity index (χ3n) is 3.98. The highest BCUT2D eigenvalue weighted by molar-refractivity contribution is 5.81. The lowest BCUT2D eigenvalue weighted by molar-refractivity contribution is -0.143. The molecule has 4 atom stereocenters. The van der Waals surface area contributed by atoms with Gasteiger partial charge in [-0.15, -0.1) is 0 Å². The minimum atomic E-state index is -0.721. The average Bonchev–Trinajstić information content (AvgIpc) is 2.83. The number of carboxylic acids is 1. The normalized spacial score (nSPS) is 35.0. The Morgan fingerprint density at radius 3 is 2.62 bits per heavy atom. The van der Waals surface area contributed by atoms with Crippen LogP contribution in [-0.2, 0) is 9.59 Å². The number of aliphatic carboxylic acids is 1. The Labute approximate surface area is 94.8 Å². The molecule has 2 fully saturated rings. The van der Waals surface area contributed by atoms with Crippen LogP contribution in [0.3, 0.4) is 0 Å². The van der Waals surface area contributed by atoms with Gasteiger partial charge in [-0.3, -0.25) is 14.5 Å². The second kappa shape index (κ2) is 4.05. The van der Waals surface area contributed by atoms with Gasteiger partial charge in [0, 0.05) is 19.1 Å². The van der Waals surface area contributed by atoms with Crippen LogP contribution >= 0.6 is 0 Å². The molecule has 2 aliphatic rings. The Bertz CT molecular complexity index is 318. The molecule has 2 bridgehead atoms. The molecule has 5 heteroatoms. The quantitative estimate of drug-likeness (QED) is 0.714. The number of hydrogen-bond acceptors (Lipinski definition) is 3. The molecule has 90 valence electrons. The predicted molar refractivity (Wildman–Crippen MR) is 57.9 cm³/mol. The second-order valence-corrected chi connectivity index (χ2v) is 4.72. The fourth-order valence-corrected chi connectivity index (χ4v) is 3.24. The van der Waals surface area contributed by atoms with E-state index in [9.17, 15) is 9.59 Å². The highest BCUT2D eigenvalue weighted by Gasteiger charge is 2.51. The van der Waals surface area contributed by atoms with Gasteiger partial charge < -0.3 is 10.4 Å². The van der Waals surface area contributed by atoms with E-state index in [0.29, 0.717) is 6.42 Å². The van der Waals surface area contributed by atoms with E-state index in [1.807, 2.05) is 6.92 Å². The largest absolute Gasteiger partial charge is 0.481 e. The van der Waals surface area contributed by atoms with Gasteiger partial charge in [-0.05, 0) is 26.2 Å². The van der Waals surface area contributed by atoms with Gasteiger partial charge in [0.2, 0.25) is 5.91 Å². The summed E-state index contributed by atoms with van der Waals surface area (Å²) in [6, 6.07) is 0.111. The van der Waals surface area contributed by atoms with Gasteiger partial charge in [-0.2, -0.15) is 0 Å². The molecule has 4 unspecified atom stereocenters. The zero-order valence-electron chi connectivity index (χ0n) is 9.64. The number of nitrogens with zero attached hydrogens (tertiary/aromatic N) is 1. The lowest BCUT2D eigenvalue weighted by Crippen LogP contribution is -2.47. The molecule has 0 aliphatic carbocycles. The zero-order valence-corrected chi connectivity index (χ0v) is 9.64. The van der Waals surface area contributed by atoms with Gasteiger partial charge in [0.1, 0.15) is 0 Å². The number of rotatable bonds is 3. The van der Waals surface area contributed by atoms with Crippen molar-refractivity contribution in [2.45, 2.75) is 44.3 Å². The Balaban J connectivity index is 2.13. The van der Waals surface area contributed by atoms with E-state index in [-0.39, 0.29) is 30.0 Å². The van der Waals surface area contributed by atoms with E-state index in [1.165, 1.54) is 0 Å². The number of amides is 1. The van der Waals surface area contributed by atoms with Crippen molar-refractivity contribution >= 4 is 11.9 Å². The molecule has 2 aliphatic heterocycles. The standard InChI is InChI=1S/C11H18N2O3/c1-6(10(14)12-2)13-7-3-4-9(13)8(5-7)11(15)16/h6-9H,3-5H2,1-2H3,(H,12,14)(H,15,16). The van der Waals surface area contributed by atoms with Crippen LogP contribution in [0.4, 0.5) is 0 Å². The number of carbonyl (C=O) groups is 2. The molecule has 2 heterocycles. The minimum Gasteiger partial charge on any atom is -0.481 e. The lowest BCUT2D eigenvalue weighted by atomic mass is 9.89. The van der Waals surface area contributed by atoms with Crippen molar-refractivity contribution in [3.8, 4) is 0 Å². The first-order valence-electron chi connectivity index (χ1n) is 5.78. The summed E-state index contributed by atoms with van der Waals surface area (Å²) in [6.45, 7) is 1.86. The molecule has 0 aromatic rings. The molecule has 0 radical (unpaired) electrons. The van der Waals surface area contributed by atoms with Crippen LogP contribution in [0.2, 0.25) is 0 Å². The minimum absolute atomic E-state index is 0.0251. The van der Waals surface area contributed by atoms with E-state index in [1.54, 1.807) is 7.05 Å². The van der Waals surface area contributed by atoms with Crippen molar-refractivity contribution < 1.29 is 14.7 Å². The third-order valence-corrected chi connectivity index (χ3v) is 3.98. The van der Waals surface area contributed by atoms with E-state index in [0.717, 1.165) is 12.8 Å². The first kappa shape index (κ1) is 11.4. The molecular formula is C11H18N2O3. The summed E-state index contributed by atoms with van der Waals surface area (Å²) in [7, 11) is 1.62. The zero-order chi connectivity index (χ0) is 11.9. The molecule has 2 saturated heterocycles. The number of nitrogens with one attached hydrogen (secondary N) is 1. The summed E-state index contributed by atoms with van der Waals surface area (Å²) in [5.74, 6) is -1.03. The molecule has 2 N–H and O–H groups in total. The predicted octanol–water partition coefficient (Wildman–Crippen LogP) is 0.0584. The van der Waals surface area contributed by atoms with Gasteiger partial charge in [0.15, 0.2) is 0 Å². The topological polar surface area (TPSA) is 69.6 Å². The summed E-state index contributed by atoms with van der Waals surface area (Å²) in [4.78, 5) is 24.8. The molecule has 0 aromatic heterocycles. The van der Waals surface area contributed by atoms with E-state index < -0.39 is 5.97 Å². The Kier molecular flexibility index (Phi) is 2.88. The lowest BCUT2D eigenvalue weighted by Gasteiger charge is -2.28. The highest BCUT2D eigenvalue weighted by Crippen LogP contribution is 2.42. The molecule has 0 aromatic carbocycles. The number of likely N-dealkylation sites (N-methyl/N-ethyl adjacent to an activating group) is 1. The first-order chi connectivity index (χ1) is 7.56. The Morgan fingerprint density at radius 2 is 2.12 bits per heavy atom. The van der Waals surface area contributed by atoms with Gasteiger partial charge in [0.05, 0.1) is 12.0 Å². The average molecular weight is 226 g/mol. The van der Waals surface area contributed by atoms with Crippen molar-refractivity contribution in [1.82, 2.24) is 10.2 Å². The number of carbonyl (C=O) groups excluding carboxylic acids is 1. The smallest absolute Gasteiger partial charge is 0.308 e. The second-order valence-electron chi connectivity index (χ2n) is 4.72. The summed E-state index contributed by atoms with van der Waals surface area (Å²) < 4.78 is 0. The number of hydrogen-bond donors (Lipinski definition) is 2. The maximum atomic E-state index is 11.6. The Hall–Kier alpha value is -1.10. The summed E-state index contributed by atoms with van der Waals surface area (Å²) >= 11 is 0. The maximum absolute atomic E-state index is 11.6. The van der Waals surface area contributed by atoms with Crippen LogP contribution in [0.25, 0.3) is 0 Å².